The van der Waals surface area contributed by atoms with Crippen molar-refractivity contribution in [3.63, 3.8) is 0 Å². The molecule has 0 bridgehead atoms. The predicted octanol–water partition coefficient (Wildman–Crippen LogP) is 17.5. The van der Waals surface area contributed by atoms with Crippen LogP contribution in [0.15, 0.2) is 60.8 Å². The van der Waals surface area contributed by atoms with Crippen LogP contribution in [0.25, 0.3) is 0 Å². The highest BCUT2D eigenvalue weighted by molar-refractivity contribution is 7.47. The molecule has 2 N–H and O–H groups in total. The van der Waals surface area contributed by atoms with Gasteiger partial charge in [-0.25, -0.2) is 4.57 Å². The van der Waals surface area contributed by atoms with Gasteiger partial charge in [0.15, 0.2) is 0 Å². The first-order valence-corrected chi connectivity index (χ1v) is 30.6. The number of likely N-dealkylation sites (N-methyl/N-ethyl adjacent to an activating group) is 1. The summed E-state index contributed by atoms with van der Waals surface area (Å²) in [6, 6.07) is -0.861. The molecule has 10 heteroatoms. The third-order valence-corrected chi connectivity index (χ3v) is 13.7. The first-order valence-electron chi connectivity index (χ1n) is 29.1. The van der Waals surface area contributed by atoms with E-state index >= 15 is 0 Å². The number of carbonyl (C=O) groups excluding carboxylic acids is 2. The van der Waals surface area contributed by atoms with Crippen molar-refractivity contribution in [2.24, 2.45) is 0 Å². The molecule has 0 radical (unpaired) electrons. The molecule has 3 unspecified atom stereocenters. The lowest BCUT2D eigenvalue weighted by atomic mass is 10.0. The minimum atomic E-state index is -4.45. The second kappa shape index (κ2) is 50.3. The molecule has 408 valence electrons. The molecule has 70 heavy (non-hydrogen) atoms. The molecule has 1 amide bonds. The largest absolute Gasteiger partial charge is 0.472 e. The van der Waals surface area contributed by atoms with E-state index in [1.165, 1.54) is 122 Å². The Morgan fingerprint density at radius 2 is 0.914 bits per heavy atom. The Labute approximate surface area is 432 Å². The van der Waals surface area contributed by atoms with E-state index in [0.717, 1.165) is 103 Å². The van der Waals surface area contributed by atoms with Crippen LogP contribution in [-0.4, -0.2) is 74.3 Å². The van der Waals surface area contributed by atoms with E-state index < -0.39 is 20.0 Å². The lowest BCUT2D eigenvalue weighted by Gasteiger charge is -2.27. The van der Waals surface area contributed by atoms with E-state index in [4.69, 9.17) is 13.8 Å². The van der Waals surface area contributed by atoms with E-state index in [1.54, 1.807) is 0 Å². The van der Waals surface area contributed by atoms with Crippen LogP contribution in [0.1, 0.15) is 258 Å². The maximum atomic E-state index is 13.5. The van der Waals surface area contributed by atoms with E-state index in [9.17, 15) is 19.0 Å². The highest BCUT2D eigenvalue weighted by Gasteiger charge is 2.30. The Bertz CT molecular complexity index is 1390. The fourth-order valence-corrected chi connectivity index (χ4v) is 8.92. The summed E-state index contributed by atoms with van der Waals surface area (Å²) >= 11 is 0. The van der Waals surface area contributed by atoms with Gasteiger partial charge in [0.05, 0.1) is 33.8 Å². The van der Waals surface area contributed by atoms with E-state index in [0.29, 0.717) is 17.4 Å². The summed E-state index contributed by atoms with van der Waals surface area (Å²) in [7, 11) is 1.48. The molecular formula is C60H112N2O7P+. The number of unbranched alkanes of at least 4 members (excludes halogenated alkanes) is 28. The van der Waals surface area contributed by atoms with Gasteiger partial charge < -0.3 is 19.4 Å². The maximum absolute atomic E-state index is 13.5. The van der Waals surface area contributed by atoms with Crippen molar-refractivity contribution in [2.45, 2.75) is 270 Å². The second-order valence-corrected chi connectivity index (χ2v) is 22.2. The minimum Gasteiger partial charge on any atom is -0.456 e. The zero-order chi connectivity index (χ0) is 51.5. The van der Waals surface area contributed by atoms with Crippen molar-refractivity contribution in [2.75, 3.05) is 40.9 Å². The van der Waals surface area contributed by atoms with Crippen molar-refractivity contribution in [3.8, 4) is 0 Å². The lowest BCUT2D eigenvalue weighted by Crippen LogP contribution is -2.47. The third-order valence-electron chi connectivity index (χ3n) is 12.7. The monoisotopic (exact) mass is 1000 g/mol. The number of hydrogen-bond acceptors (Lipinski definition) is 6. The molecule has 9 nitrogen and oxygen atoms in total. The van der Waals surface area contributed by atoms with Gasteiger partial charge in [0, 0.05) is 12.8 Å². The summed E-state index contributed by atoms with van der Waals surface area (Å²) in [4.78, 5) is 37.6. The molecule has 0 saturated heterocycles. The number of hydrogen-bond donors (Lipinski definition) is 2. The van der Waals surface area contributed by atoms with E-state index in [1.807, 2.05) is 33.3 Å². The normalized spacial score (nSPS) is 14.2. The van der Waals surface area contributed by atoms with Crippen LogP contribution >= 0.6 is 7.82 Å². The molecule has 0 heterocycles. The van der Waals surface area contributed by atoms with Crippen LogP contribution in [0.4, 0.5) is 0 Å². The molecule has 0 aliphatic heterocycles. The molecule has 0 rings (SSSR count). The molecule has 0 aromatic rings. The van der Waals surface area contributed by atoms with Crippen LogP contribution < -0.4 is 5.32 Å². The third kappa shape index (κ3) is 50.6. The zero-order valence-corrected chi connectivity index (χ0v) is 47.4. The average Bonchev–Trinajstić information content (AvgIpc) is 3.32. The number of quaternary nitrogens is 1. The fourth-order valence-electron chi connectivity index (χ4n) is 8.18. The van der Waals surface area contributed by atoms with Gasteiger partial charge in [0.25, 0.3) is 0 Å². The number of esters is 1. The van der Waals surface area contributed by atoms with Crippen LogP contribution in [0.2, 0.25) is 0 Å². The first kappa shape index (κ1) is 67.7. The molecule has 0 aliphatic rings. The Hall–Kier alpha value is -2.29. The summed E-state index contributed by atoms with van der Waals surface area (Å²) in [5, 5.41) is 3.04. The number of ether oxygens (including phenoxy) is 1. The number of phosphoric ester groups is 1. The average molecular weight is 1000 g/mol. The summed E-state index contributed by atoms with van der Waals surface area (Å²) in [6.45, 7) is 6.88. The number of amides is 1. The van der Waals surface area contributed by atoms with Crippen molar-refractivity contribution < 1.29 is 37.3 Å². The number of phosphoric acid groups is 1. The molecule has 0 saturated carbocycles. The summed E-state index contributed by atoms with van der Waals surface area (Å²) < 4.78 is 30.6. The van der Waals surface area contributed by atoms with E-state index in [2.05, 4.69) is 74.7 Å². The van der Waals surface area contributed by atoms with Gasteiger partial charge in [-0.3, -0.25) is 18.6 Å². The molecular weight excluding hydrogens is 892 g/mol. The highest BCUT2D eigenvalue weighted by Crippen LogP contribution is 2.43. The number of nitrogens with one attached hydrogen (secondary N) is 1. The van der Waals surface area contributed by atoms with Gasteiger partial charge in [-0.1, -0.05) is 217 Å². The number of rotatable bonds is 52. The topological polar surface area (TPSA) is 111 Å². The van der Waals surface area contributed by atoms with Crippen molar-refractivity contribution >= 4 is 19.7 Å². The zero-order valence-electron chi connectivity index (χ0n) is 46.5. The number of nitrogens with zero attached hydrogens (tertiary/aromatic N) is 1. The molecule has 0 aliphatic carbocycles. The van der Waals surface area contributed by atoms with Gasteiger partial charge in [-0.05, 0) is 89.5 Å². The Kier molecular flexibility index (Phi) is 48.6. The smallest absolute Gasteiger partial charge is 0.456 e. The SMILES string of the molecule is CC/C=C/C/C=C/C/C=C/CCCCCCC(=O)NC(COP(=O)(O)OCC[N+](C)(C)C)C(/C=C/CCCCCCCCCCCCC)OC(=O)CCCCCCCCC/C=C/CCCCCCCC. The Morgan fingerprint density at radius 1 is 0.514 bits per heavy atom. The fraction of sp³-hybridized carbons (Fsp3) is 0.800. The molecule has 0 aromatic heterocycles. The number of allylic oxidation sites excluding steroid dienone is 9. The molecule has 3 atom stereocenters. The standard InChI is InChI=1S/C60H111N2O7P/c1-7-10-13-16-19-22-25-28-30-31-32-35-38-41-44-47-50-53-60(64)69-58(51-48-45-42-39-36-33-27-24-21-18-15-12-9-3)57(56-68-70(65,66)67-55-54-62(4,5)6)61-59(63)52-49-46-43-40-37-34-29-26-23-20-17-14-11-8-2/h11,14,20,23,28-30,34,48,51,57-58H,7-10,12-13,15-19,21-22,24-27,31-33,35-47,49-50,52-56H2,1-6H3,(H-,61,63,65,66)/p+1/b14-11+,23-20+,30-28+,34-29+,51-48+. The van der Waals surface area contributed by atoms with Gasteiger partial charge in [-0.15, -0.1) is 0 Å². The lowest BCUT2D eigenvalue weighted by molar-refractivity contribution is -0.870. The quantitative estimate of drug-likeness (QED) is 0.0205. The van der Waals surface area contributed by atoms with Gasteiger partial charge in [-0.2, -0.15) is 0 Å². The predicted molar refractivity (Wildman–Crippen MR) is 300 cm³/mol. The summed E-state index contributed by atoms with van der Waals surface area (Å²) in [5.41, 5.74) is 0. The second-order valence-electron chi connectivity index (χ2n) is 20.8. The Balaban J connectivity index is 5.39. The highest BCUT2D eigenvalue weighted by atomic mass is 31.2. The van der Waals surface area contributed by atoms with Crippen molar-refractivity contribution in [3.05, 3.63) is 60.8 Å². The molecule has 0 fully saturated rings. The van der Waals surface area contributed by atoms with Gasteiger partial charge in [0.2, 0.25) is 5.91 Å². The number of carbonyl (C=O) groups is 2. The van der Waals surface area contributed by atoms with Crippen LogP contribution in [0.5, 0.6) is 0 Å². The van der Waals surface area contributed by atoms with Crippen molar-refractivity contribution in [1.29, 1.82) is 0 Å². The van der Waals surface area contributed by atoms with Crippen LogP contribution in [0, 0.1) is 0 Å². The maximum Gasteiger partial charge on any atom is 0.472 e. The first-order chi connectivity index (χ1) is 33.9. The van der Waals surface area contributed by atoms with Crippen molar-refractivity contribution in [1.82, 2.24) is 5.32 Å². The van der Waals surface area contributed by atoms with Crippen LogP contribution in [-0.2, 0) is 27.9 Å². The molecule has 0 spiro atoms. The Morgan fingerprint density at radius 3 is 1.39 bits per heavy atom. The van der Waals surface area contributed by atoms with Crippen LogP contribution in [0.3, 0.4) is 0 Å². The van der Waals surface area contributed by atoms with E-state index in [-0.39, 0.29) is 31.5 Å². The molecule has 0 aromatic carbocycles. The van der Waals surface area contributed by atoms with Gasteiger partial charge in [0.1, 0.15) is 19.3 Å². The minimum absolute atomic E-state index is 0.0338. The summed E-state index contributed by atoms with van der Waals surface area (Å²) in [5.74, 6) is -0.534. The van der Waals surface area contributed by atoms with Gasteiger partial charge >= 0.3 is 13.8 Å². The summed E-state index contributed by atoms with van der Waals surface area (Å²) in [6.07, 6.45) is 62.1.